The fourth-order valence-corrected chi connectivity index (χ4v) is 3.26. The van der Waals surface area contributed by atoms with E-state index in [0.717, 1.165) is 19.3 Å². The van der Waals surface area contributed by atoms with Gasteiger partial charge in [-0.2, -0.15) is 0 Å². The zero-order chi connectivity index (χ0) is 17.6. The minimum absolute atomic E-state index is 0.0675. The van der Waals surface area contributed by atoms with E-state index in [4.69, 9.17) is 9.47 Å². The lowest BCUT2D eigenvalue weighted by molar-refractivity contribution is 0.0903. The van der Waals surface area contributed by atoms with Gasteiger partial charge in [-0.3, -0.25) is 0 Å². The van der Waals surface area contributed by atoms with Gasteiger partial charge in [0.2, 0.25) is 0 Å². The number of hydrogen-bond donors (Lipinski definition) is 2. The Labute approximate surface area is 139 Å². The van der Waals surface area contributed by atoms with Crippen molar-refractivity contribution in [2.24, 2.45) is 11.3 Å². The molecule has 0 aromatic carbocycles. The van der Waals surface area contributed by atoms with Crippen LogP contribution in [0.2, 0.25) is 0 Å². The zero-order valence-electron chi connectivity index (χ0n) is 15.3. The van der Waals surface area contributed by atoms with Gasteiger partial charge in [0.1, 0.15) is 0 Å². The molecule has 1 saturated carbocycles. The molecule has 23 heavy (non-hydrogen) atoms. The first kappa shape index (κ1) is 19.6. The smallest absolute Gasteiger partial charge is 0.407 e. The van der Waals surface area contributed by atoms with Gasteiger partial charge in [0.25, 0.3) is 0 Å². The van der Waals surface area contributed by atoms with Gasteiger partial charge in [-0.1, -0.05) is 13.8 Å². The maximum absolute atomic E-state index is 11.8. The van der Waals surface area contributed by atoms with Gasteiger partial charge in [-0.25, -0.2) is 9.59 Å². The third-order valence-electron chi connectivity index (χ3n) is 3.80. The molecule has 0 spiro atoms. The number of alkyl carbamates (subject to hydrolysis) is 2. The first-order valence-electron chi connectivity index (χ1n) is 8.49. The summed E-state index contributed by atoms with van der Waals surface area (Å²) in [4.78, 5) is 23.4. The minimum Gasteiger partial charge on any atom is -0.447 e. The normalized spacial score (nSPS) is 23.5. The highest BCUT2D eigenvalue weighted by Gasteiger charge is 2.35. The van der Waals surface area contributed by atoms with Crippen molar-refractivity contribution in [3.63, 3.8) is 0 Å². The van der Waals surface area contributed by atoms with E-state index in [1.807, 2.05) is 27.7 Å². The van der Waals surface area contributed by atoms with Gasteiger partial charge in [0.05, 0.1) is 12.2 Å². The van der Waals surface area contributed by atoms with Crippen LogP contribution in [0.3, 0.4) is 0 Å². The fourth-order valence-electron chi connectivity index (χ4n) is 3.26. The van der Waals surface area contributed by atoms with Crippen LogP contribution in [0.4, 0.5) is 9.59 Å². The average Bonchev–Trinajstić information content (AvgIpc) is 2.32. The molecule has 0 bridgehead atoms. The summed E-state index contributed by atoms with van der Waals surface area (Å²) in [5.74, 6) is 0.308. The molecule has 2 N–H and O–H groups in total. The van der Waals surface area contributed by atoms with Crippen LogP contribution in [-0.4, -0.2) is 37.0 Å². The molecule has 2 amide bonds. The Kier molecular flexibility index (Phi) is 7.16. The first-order chi connectivity index (χ1) is 10.6. The van der Waals surface area contributed by atoms with E-state index in [0.29, 0.717) is 12.5 Å². The monoisotopic (exact) mass is 328 g/mol. The van der Waals surface area contributed by atoms with Crippen LogP contribution in [0.25, 0.3) is 0 Å². The van der Waals surface area contributed by atoms with Crippen molar-refractivity contribution < 1.29 is 19.1 Å². The third kappa shape index (κ3) is 8.09. The fraction of sp³-hybridized carbons (Fsp3) is 0.882. The molecule has 0 radical (unpaired) electrons. The SMILES string of the molecule is CC(C)OC(=O)NCC1CC(NC(=O)OC(C)C)CC(C)(C)C1. The Morgan fingerprint density at radius 2 is 1.61 bits per heavy atom. The molecule has 0 aromatic rings. The van der Waals surface area contributed by atoms with Crippen molar-refractivity contribution in [1.82, 2.24) is 10.6 Å². The van der Waals surface area contributed by atoms with Crippen LogP contribution >= 0.6 is 0 Å². The Morgan fingerprint density at radius 3 is 2.17 bits per heavy atom. The van der Waals surface area contributed by atoms with Gasteiger partial charge >= 0.3 is 12.2 Å². The molecule has 1 aliphatic carbocycles. The summed E-state index contributed by atoms with van der Waals surface area (Å²) in [7, 11) is 0. The van der Waals surface area contributed by atoms with Crippen molar-refractivity contribution in [2.75, 3.05) is 6.54 Å². The molecule has 6 nitrogen and oxygen atoms in total. The minimum atomic E-state index is -0.382. The highest BCUT2D eigenvalue weighted by Crippen LogP contribution is 2.38. The standard InChI is InChI=1S/C17H32N2O4/c1-11(2)22-15(20)18-10-13-7-14(9-17(5,6)8-13)19-16(21)23-12(3)4/h11-14H,7-10H2,1-6H3,(H,18,20)(H,19,21). The van der Waals surface area contributed by atoms with Crippen molar-refractivity contribution in [3.05, 3.63) is 0 Å². The summed E-state index contributed by atoms with van der Waals surface area (Å²) in [5, 5.41) is 5.77. The van der Waals surface area contributed by atoms with E-state index in [9.17, 15) is 9.59 Å². The lowest BCUT2D eigenvalue weighted by atomic mass is 9.70. The number of nitrogens with one attached hydrogen (secondary N) is 2. The molecule has 0 heterocycles. The molecular weight excluding hydrogens is 296 g/mol. The summed E-state index contributed by atoms with van der Waals surface area (Å²) in [6.07, 6.45) is 1.74. The van der Waals surface area contributed by atoms with Gasteiger partial charge in [-0.15, -0.1) is 0 Å². The summed E-state index contributed by atoms with van der Waals surface area (Å²) in [6, 6.07) is 0.0675. The molecule has 1 fully saturated rings. The Balaban J connectivity index is 2.51. The zero-order valence-corrected chi connectivity index (χ0v) is 15.3. The van der Waals surface area contributed by atoms with E-state index in [1.54, 1.807) is 0 Å². The molecule has 134 valence electrons. The lowest BCUT2D eigenvalue weighted by Gasteiger charge is -2.40. The average molecular weight is 328 g/mol. The van der Waals surface area contributed by atoms with E-state index in [-0.39, 0.29) is 35.9 Å². The topological polar surface area (TPSA) is 76.7 Å². The quantitative estimate of drug-likeness (QED) is 0.810. The van der Waals surface area contributed by atoms with Crippen molar-refractivity contribution in [3.8, 4) is 0 Å². The van der Waals surface area contributed by atoms with Crippen molar-refractivity contribution in [1.29, 1.82) is 0 Å². The number of rotatable bonds is 5. The maximum atomic E-state index is 11.8. The predicted molar refractivity (Wildman–Crippen MR) is 89.3 cm³/mol. The number of hydrogen-bond acceptors (Lipinski definition) is 4. The van der Waals surface area contributed by atoms with Crippen LogP contribution in [0.1, 0.15) is 60.8 Å². The second kappa shape index (κ2) is 8.41. The van der Waals surface area contributed by atoms with Crippen LogP contribution in [0.15, 0.2) is 0 Å². The lowest BCUT2D eigenvalue weighted by Crippen LogP contribution is -2.46. The van der Waals surface area contributed by atoms with Crippen LogP contribution in [0.5, 0.6) is 0 Å². The molecule has 0 aliphatic heterocycles. The first-order valence-corrected chi connectivity index (χ1v) is 8.49. The van der Waals surface area contributed by atoms with Crippen LogP contribution in [0, 0.1) is 11.3 Å². The molecule has 0 aromatic heterocycles. The molecule has 1 aliphatic rings. The van der Waals surface area contributed by atoms with Gasteiger partial charge in [0, 0.05) is 12.6 Å². The number of ether oxygens (including phenoxy) is 2. The molecule has 2 atom stereocenters. The third-order valence-corrected chi connectivity index (χ3v) is 3.80. The van der Waals surface area contributed by atoms with Crippen molar-refractivity contribution in [2.45, 2.75) is 79.1 Å². The highest BCUT2D eigenvalue weighted by molar-refractivity contribution is 5.68. The van der Waals surface area contributed by atoms with E-state index in [2.05, 4.69) is 24.5 Å². The van der Waals surface area contributed by atoms with Crippen LogP contribution in [-0.2, 0) is 9.47 Å². The van der Waals surface area contributed by atoms with Crippen molar-refractivity contribution >= 4 is 12.2 Å². The van der Waals surface area contributed by atoms with Gasteiger partial charge in [-0.05, 0) is 58.3 Å². The second-order valence-corrected chi connectivity index (χ2v) is 7.80. The summed E-state index contributed by atoms with van der Waals surface area (Å²) >= 11 is 0. The van der Waals surface area contributed by atoms with Crippen LogP contribution < -0.4 is 10.6 Å². The molecular formula is C17H32N2O4. The Hall–Kier alpha value is -1.46. The molecule has 6 heteroatoms. The summed E-state index contributed by atoms with van der Waals surface area (Å²) < 4.78 is 10.2. The maximum Gasteiger partial charge on any atom is 0.407 e. The van der Waals surface area contributed by atoms with E-state index in [1.165, 1.54) is 0 Å². The highest BCUT2D eigenvalue weighted by atomic mass is 16.6. The van der Waals surface area contributed by atoms with Gasteiger partial charge in [0.15, 0.2) is 0 Å². The number of carbonyl (C=O) groups excluding carboxylic acids is 2. The number of carbonyl (C=O) groups is 2. The molecule has 1 rings (SSSR count). The van der Waals surface area contributed by atoms with Gasteiger partial charge < -0.3 is 20.1 Å². The predicted octanol–water partition coefficient (Wildman–Crippen LogP) is 3.45. The van der Waals surface area contributed by atoms with E-state index < -0.39 is 0 Å². The van der Waals surface area contributed by atoms with E-state index >= 15 is 0 Å². The Morgan fingerprint density at radius 1 is 1.04 bits per heavy atom. The molecule has 2 unspecified atom stereocenters. The molecule has 0 saturated heterocycles. The largest absolute Gasteiger partial charge is 0.447 e. The number of amides is 2. The summed E-state index contributed by atoms with van der Waals surface area (Å²) in [6.45, 7) is 12.2. The Bertz CT molecular complexity index is 407. The second-order valence-electron chi connectivity index (χ2n) is 7.80. The summed E-state index contributed by atoms with van der Waals surface area (Å²) in [5.41, 5.74) is 0.113.